The zero-order valence-electron chi connectivity index (χ0n) is 14.8. The summed E-state index contributed by atoms with van der Waals surface area (Å²) >= 11 is 0. The number of benzene rings is 1. The van der Waals surface area contributed by atoms with Crippen LogP contribution in [-0.2, 0) is 12.8 Å². The third-order valence-corrected chi connectivity index (χ3v) is 5.17. The molecule has 1 aliphatic rings. The number of nitrogens with zero attached hydrogens (tertiary/aromatic N) is 3. The molecule has 0 aliphatic carbocycles. The predicted molar refractivity (Wildman–Crippen MR) is 99.3 cm³/mol. The van der Waals surface area contributed by atoms with Crippen LogP contribution in [0.15, 0.2) is 41.2 Å². The third kappa shape index (κ3) is 3.12. The molecule has 0 saturated carbocycles. The smallest absolute Gasteiger partial charge is 0.276 e. The van der Waals surface area contributed by atoms with E-state index in [1.54, 1.807) is 4.52 Å². The molecule has 0 saturated heterocycles. The molecule has 3 aromatic rings. The maximum atomic E-state index is 12.8. The van der Waals surface area contributed by atoms with Crippen molar-refractivity contribution in [1.29, 1.82) is 0 Å². The normalized spacial score (nSPS) is 16.6. The van der Waals surface area contributed by atoms with E-state index in [1.165, 1.54) is 5.56 Å². The van der Waals surface area contributed by atoms with Crippen molar-refractivity contribution in [3.05, 3.63) is 69.3 Å². The second kappa shape index (κ2) is 6.48. The lowest BCUT2D eigenvalue weighted by atomic mass is 10.0. The van der Waals surface area contributed by atoms with Crippen molar-refractivity contribution in [3.63, 3.8) is 0 Å². The predicted octanol–water partition coefficient (Wildman–Crippen LogP) is 2.54. The molecular weight excluding hydrogens is 312 g/mol. The van der Waals surface area contributed by atoms with E-state index in [-0.39, 0.29) is 5.56 Å². The summed E-state index contributed by atoms with van der Waals surface area (Å²) in [4.78, 5) is 20.0. The van der Waals surface area contributed by atoms with E-state index >= 15 is 0 Å². The summed E-state index contributed by atoms with van der Waals surface area (Å²) < 4.78 is 1.58. The van der Waals surface area contributed by atoms with Gasteiger partial charge in [-0.25, -0.2) is 9.50 Å². The highest BCUT2D eigenvalue weighted by Crippen LogP contribution is 2.19. The summed E-state index contributed by atoms with van der Waals surface area (Å²) in [6.45, 7) is 7.10. The Labute approximate surface area is 147 Å². The van der Waals surface area contributed by atoms with Crippen molar-refractivity contribution >= 4 is 5.65 Å². The quantitative estimate of drug-likeness (QED) is 0.800. The number of aryl methyl sites for hydroxylation is 1. The number of H-pyrrole nitrogens is 1. The van der Waals surface area contributed by atoms with Crippen LogP contribution in [0.25, 0.3) is 5.65 Å². The summed E-state index contributed by atoms with van der Waals surface area (Å²) in [7, 11) is 0. The molecule has 3 heterocycles. The number of hydrogen-bond donors (Lipinski definition) is 1. The van der Waals surface area contributed by atoms with Crippen molar-refractivity contribution in [3.8, 4) is 0 Å². The first-order valence-corrected chi connectivity index (χ1v) is 8.99. The Morgan fingerprint density at radius 3 is 2.76 bits per heavy atom. The summed E-state index contributed by atoms with van der Waals surface area (Å²) in [6.07, 6.45) is 1.61. The fraction of sp³-hybridized carbons (Fsp3) is 0.400. The van der Waals surface area contributed by atoms with Crippen LogP contribution in [0.3, 0.4) is 0 Å². The van der Waals surface area contributed by atoms with Gasteiger partial charge in [0.2, 0.25) is 0 Å². The number of aromatic amines is 1. The number of nitrogens with one attached hydrogen (secondary N) is 1. The SMILES string of the molecule is Cc1cc2nc3c(c(=O)n2[nH]1)CCN(C[C@H](C)c1ccccc1)CC3. The van der Waals surface area contributed by atoms with Crippen molar-refractivity contribution in [1.82, 2.24) is 19.5 Å². The summed E-state index contributed by atoms with van der Waals surface area (Å²) in [5.74, 6) is 0.480. The molecule has 5 heteroatoms. The Morgan fingerprint density at radius 1 is 1.20 bits per heavy atom. The lowest BCUT2D eigenvalue weighted by Crippen LogP contribution is -2.30. The monoisotopic (exact) mass is 336 g/mol. The van der Waals surface area contributed by atoms with E-state index in [2.05, 4.69) is 47.3 Å². The van der Waals surface area contributed by atoms with Gasteiger partial charge < -0.3 is 4.90 Å². The lowest BCUT2D eigenvalue weighted by molar-refractivity contribution is 0.273. The number of fused-ring (bicyclic) bond motifs is 2. The molecule has 2 aromatic heterocycles. The standard InChI is InChI=1S/C20H24N4O/c1-14(16-6-4-3-5-7-16)13-23-10-8-17-18(9-11-23)21-19-12-15(2)22-24(19)20(17)25/h3-7,12,14,22H,8-11,13H2,1-2H3/t14-/m0/s1. The van der Waals surface area contributed by atoms with E-state index in [1.807, 2.05) is 13.0 Å². The maximum Gasteiger partial charge on any atom is 0.276 e. The molecule has 0 spiro atoms. The maximum absolute atomic E-state index is 12.8. The lowest BCUT2D eigenvalue weighted by Gasteiger charge is -2.24. The molecule has 1 aromatic carbocycles. The van der Waals surface area contributed by atoms with Crippen molar-refractivity contribution < 1.29 is 0 Å². The number of hydrogen-bond acceptors (Lipinski definition) is 3. The van der Waals surface area contributed by atoms with E-state index in [0.29, 0.717) is 5.92 Å². The van der Waals surface area contributed by atoms with E-state index in [4.69, 9.17) is 4.98 Å². The van der Waals surface area contributed by atoms with Crippen LogP contribution >= 0.6 is 0 Å². The minimum absolute atomic E-state index is 0.0612. The van der Waals surface area contributed by atoms with Crippen LogP contribution in [0.5, 0.6) is 0 Å². The largest absolute Gasteiger partial charge is 0.302 e. The van der Waals surface area contributed by atoms with Gasteiger partial charge in [0.25, 0.3) is 5.56 Å². The molecule has 5 nitrogen and oxygen atoms in total. The zero-order chi connectivity index (χ0) is 17.4. The Kier molecular flexibility index (Phi) is 4.17. The molecule has 0 bridgehead atoms. The molecule has 1 aliphatic heterocycles. The summed E-state index contributed by atoms with van der Waals surface area (Å²) in [5, 5.41) is 3.09. The Hall–Kier alpha value is -2.40. The van der Waals surface area contributed by atoms with Gasteiger partial charge in [-0.3, -0.25) is 9.89 Å². The van der Waals surface area contributed by atoms with Gasteiger partial charge in [0.1, 0.15) is 0 Å². The molecule has 130 valence electrons. The van der Waals surface area contributed by atoms with Crippen LogP contribution in [0.4, 0.5) is 0 Å². The Morgan fingerprint density at radius 2 is 1.96 bits per heavy atom. The van der Waals surface area contributed by atoms with Gasteiger partial charge in [0.05, 0.1) is 5.69 Å². The first kappa shape index (κ1) is 16.1. The molecule has 0 fully saturated rings. The van der Waals surface area contributed by atoms with Crippen LogP contribution in [0.2, 0.25) is 0 Å². The number of rotatable bonds is 3. The van der Waals surface area contributed by atoms with Crippen LogP contribution in [-0.4, -0.2) is 39.1 Å². The van der Waals surface area contributed by atoms with E-state index < -0.39 is 0 Å². The Bertz CT molecular complexity index is 941. The van der Waals surface area contributed by atoms with Gasteiger partial charge >= 0.3 is 0 Å². The topological polar surface area (TPSA) is 53.4 Å². The summed E-state index contributed by atoms with van der Waals surface area (Å²) in [5.41, 5.74) is 4.96. The van der Waals surface area contributed by atoms with Crippen LogP contribution in [0, 0.1) is 6.92 Å². The summed E-state index contributed by atoms with van der Waals surface area (Å²) in [6, 6.07) is 12.6. The molecule has 0 radical (unpaired) electrons. The van der Waals surface area contributed by atoms with Gasteiger partial charge in [-0.1, -0.05) is 37.3 Å². The molecular formula is C20H24N4O. The van der Waals surface area contributed by atoms with Crippen molar-refractivity contribution in [2.75, 3.05) is 19.6 Å². The van der Waals surface area contributed by atoms with Gasteiger partial charge in [-0.2, -0.15) is 0 Å². The fourth-order valence-electron chi connectivity index (χ4n) is 3.79. The van der Waals surface area contributed by atoms with Crippen LogP contribution < -0.4 is 5.56 Å². The third-order valence-electron chi connectivity index (χ3n) is 5.17. The average Bonchev–Trinajstić information content (AvgIpc) is 2.87. The molecule has 1 N–H and O–H groups in total. The second-order valence-electron chi connectivity index (χ2n) is 7.09. The van der Waals surface area contributed by atoms with E-state index in [0.717, 1.165) is 55.1 Å². The van der Waals surface area contributed by atoms with Crippen molar-refractivity contribution in [2.45, 2.75) is 32.6 Å². The first-order valence-electron chi connectivity index (χ1n) is 8.99. The minimum atomic E-state index is 0.0612. The minimum Gasteiger partial charge on any atom is -0.302 e. The highest BCUT2D eigenvalue weighted by atomic mass is 16.1. The van der Waals surface area contributed by atoms with Crippen LogP contribution in [0.1, 0.15) is 35.4 Å². The second-order valence-corrected chi connectivity index (χ2v) is 7.09. The zero-order valence-corrected chi connectivity index (χ0v) is 14.8. The molecule has 4 rings (SSSR count). The van der Waals surface area contributed by atoms with E-state index in [9.17, 15) is 4.79 Å². The highest BCUT2D eigenvalue weighted by molar-refractivity contribution is 5.42. The van der Waals surface area contributed by atoms with Gasteiger partial charge in [0, 0.05) is 43.4 Å². The average molecular weight is 336 g/mol. The molecule has 0 unspecified atom stereocenters. The Balaban J connectivity index is 1.54. The number of aromatic nitrogens is 3. The van der Waals surface area contributed by atoms with Gasteiger partial charge in [-0.15, -0.1) is 0 Å². The van der Waals surface area contributed by atoms with Gasteiger partial charge in [0.15, 0.2) is 5.65 Å². The molecule has 0 amide bonds. The molecule has 25 heavy (non-hydrogen) atoms. The highest BCUT2D eigenvalue weighted by Gasteiger charge is 2.21. The fourth-order valence-corrected chi connectivity index (χ4v) is 3.79. The first-order chi connectivity index (χ1) is 12.1. The molecule has 1 atom stereocenters. The van der Waals surface area contributed by atoms with Crippen molar-refractivity contribution in [2.24, 2.45) is 0 Å². The van der Waals surface area contributed by atoms with Gasteiger partial charge in [-0.05, 0) is 24.8 Å².